The zero-order valence-electron chi connectivity index (χ0n) is 15.7. The van der Waals surface area contributed by atoms with Crippen LogP contribution in [0.5, 0.6) is 0 Å². The SMILES string of the molecule is CCCC(C=CC(=O)N1C2CCC1c1ccccc12)NC(=O)C(N)CC. The molecule has 4 atom stereocenters. The predicted molar refractivity (Wildman–Crippen MR) is 102 cm³/mol. The first-order valence-corrected chi connectivity index (χ1v) is 9.72. The summed E-state index contributed by atoms with van der Waals surface area (Å²) in [5.41, 5.74) is 8.38. The normalized spacial score (nSPS) is 23.1. The number of nitrogens with one attached hydrogen (secondary N) is 1. The van der Waals surface area contributed by atoms with Gasteiger partial charge in [-0.25, -0.2) is 0 Å². The first-order chi connectivity index (χ1) is 12.6. The topological polar surface area (TPSA) is 75.4 Å². The number of carbonyl (C=O) groups is 2. The number of nitrogens with two attached hydrogens (primary N) is 1. The van der Waals surface area contributed by atoms with Crippen LogP contribution in [0.3, 0.4) is 0 Å². The molecule has 2 aliphatic heterocycles. The molecule has 1 saturated heterocycles. The summed E-state index contributed by atoms with van der Waals surface area (Å²) in [4.78, 5) is 26.9. The summed E-state index contributed by atoms with van der Waals surface area (Å²) in [6.07, 6.45) is 7.83. The number of hydrogen-bond donors (Lipinski definition) is 2. The Morgan fingerprint density at radius 2 is 1.85 bits per heavy atom. The van der Waals surface area contributed by atoms with Gasteiger partial charge in [-0.15, -0.1) is 0 Å². The van der Waals surface area contributed by atoms with E-state index in [1.807, 2.05) is 30.0 Å². The van der Waals surface area contributed by atoms with Crippen molar-refractivity contribution >= 4 is 11.8 Å². The van der Waals surface area contributed by atoms with Crippen LogP contribution in [-0.2, 0) is 9.59 Å². The standard InChI is InChI=1S/C21H29N3O2/c1-3-7-14(23-21(26)17(22)4-2)10-13-20(25)24-18-11-12-19(24)16-9-6-5-8-15(16)18/h5-6,8-10,13-14,17-19H,3-4,7,11-12,22H2,1-2H3,(H,23,26). The number of fused-ring (bicyclic) bond motifs is 5. The Bertz CT molecular complexity index is 669. The maximum atomic E-state index is 12.9. The Morgan fingerprint density at radius 1 is 1.23 bits per heavy atom. The molecule has 4 unspecified atom stereocenters. The van der Waals surface area contributed by atoms with Gasteiger partial charge in [-0.2, -0.15) is 0 Å². The first kappa shape index (κ1) is 18.6. The molecule has 2 heterocycles. The van der Waals surface area contributed by atoms with E-state index in [4.69, 9.17) is 5.73 Å². The van der Waals surface area contributed by atoms with Crippen LogP contribution >= 0.6 is 0 Å². The molecule has 1 aromatic carbocycles. The van der Waals surface area contributed by atoms with Gasteiger partial charge in [0.05, 0.1) is 18.1 Å². The summed E-state index contributed by atoms with van der Waals surface area (Å²) in [6.45, 7) is 3.95. The molecule has 0 spiro atoms. The van der Waals surface area contributed by atoms with Crippen molar-refractivity contribution < 1.29 is 9.59 Å². The highest BCUT2D eigenvalue weighted by Gasteiger charge is 2.45. The van der Waals surface area contributed by atoms with Crippen LogP contribution in [0, 0.1) is 0 Å². The van der Waals surface area contributed by atoms with Crippen molar-refractivity contribution in [3.05, 3.63) is 47.5 Å². The van der Waals surface area contributed by atoms with Crippen molar-refractivity contribution in [2.75, 3.05) is 0 Å². The van der Waals surface area contributed by atoms with E-state index in [1.54, 1.807) is 6.08 Å². The maximum Gasteiger partial charge on any atom is 0.247 e. The van der Waals surface area contributed by atoms with Gasteiger partial charge in [0.15, 0.2) is 0 Å². The molecule has 2 amide bonds. The van der Waals surface area contributed by atoms with Gasteiger partial charge in [0.25, 0.3) is 0 Å². The van der Waals surface area contributed by atoms with Crippen LogP contribution < -0.4 is 11.1 Å². The molecular formula is C21H29N3O2. The monoisotopic (exact) mass is 355 g/mol. The third-order valence-corrected chi connectivity index (χ3v) is 5.53. The molecule has 0 radical (unpaired) electrons. The molecule has 140 valence electrons. The van der Waals surface area contributed by atoms with Crippen molar-refractivity contribution in [1.29, 1.82) is 0 Å². The van der Waals surface area contributed by atoms with Gasteiger partial charge in [0, 0.05) is 12.1 Å². The van der Waals surface area contributed by atoms with Crippen LogP contribution in [0.4, 0.5) is 0 Å². The lowest BCUT2D eigenvalue weighted by atomic mass is 9.92. The van der Waals surface area contributed by atoms with E-state index in [0.29, 0.717) is 6.42 Å². The van der Waals surface area contributed by atoms with Crippen LogP contribution in [0.25, 0.3) is 0 Å². The van der Waals surface area contributed by atoms with Crippen LogP contribution in [0.15, 0.2) is 36.4 Å². The predicted octanol–water partition coefficient (Wildman–Crippen LogP) is 2.98. The van der Waals surface area contributed by atoms with Crippen LogP contribution in [0.2, 0.25) is 0 Å². The summed E-state index contributed by atoms with van der Waals surface area (Å²) in [6, 6.07) is 8.09. The minimum absolute atomic E-state index is 0.0313. The third kappa shape index (κ3) is 3.54. The van der Waals surface area contributed by atoms with Gasteiger partial charge in [-0.3, -0.25) is 9.59 Å². The maximum absolute atomic E-state index is 12.9. The highest BCUT2D eigenvalue weighted by molar-refractivity contribution is 5.89. The number of amides is 2. The van der Waals surface area contributed by atoms with Crippen LogP contribution in [0.1, 0.15) is 69.2 Å². The quantitative estimate of drug-likeness (QED) is 0.738. The average molecular weight is 355 g/mol. The van der Waals surface area contributed by atoms with E-state index in [9.17, 15) is 9.59 Å². The summed E-state index contributed by atoms with van der Waals surface area (Å²) < 4.78 is 0. The highest BCUT2D eigenvalue weighted by Crippen LogP contribution is 2.52. The van der Waals surface area contributed by atoms with Gasteiger partial charge < -0.3 is 16.0 Å². The molecule has 5 heteroatoms. The summed E-state index contributed by atoms with van der Waals surface area (Å²) in [7, 11) is 0. The molecule has 5 nitrogen and oxygen atoms in total. The fourth-order valence-corrected chi connectivity index (χ4v) is 4.13. The number of hydrogen-bond acceptors (Lipinski definition) is 3. The lowest BCUT2D eigenvalue weighted by Gasteiger charge is -2.21. The molecule has 1 fully saturated rings. The van der Waals surface area contributed by atoms with Crippen molar-refractivity contribution in [3.8, 4) is 0 Å². The summed E-state index contributed by atoms with van der Waals surface area (Å²) in [5, 5.41) is 2.95. The second-order valence-electron chi connectivity index (χ2n) is 7.26. The fraction of sp³-hybridized carbons (Fsp3) is 0.524. The van der Waals surface area contributed by atoms with Gasteiger partial charge in [-0.05, 0) is 36.8 Å². The van der Waals surface area contributed by atoms with Crippen molar-refractivity contribution in [2.45, 2.75) is 70.1 Å². The highest BCUT2D eigenvalue weighted by atomic mass is 16.2. The molecule has 1 aromatic rings. The van der Waals surface area contributed by atoms with E-state index in [-0.39, 0.29) is 29.9 Å². The molecule has 0 aliphatic carbocycles. The second-order valence-corrected chi connectivity index (χ2v) is 7.26. The molecule has 0 saturated carbocycles. The van der Waals surface area contributed by atoms with Gasteiger partial charge in [0.2, 0.25) is 11.8 Å². The average Bonchev–Trinajstić information content (AvgIpc) is 3.22. The molecule has 2 aliphatic rings. The lowest BCUT2D eigenvalue weighted by Crippen LogP contribution is -2.44. The summed E-state index contributed by atoms with van der Waals surface area (Å²) >= 11 is 0. The molecule has 3 rings (SSSR count). The number of nitrogens with zero attached hydrogens (tertiary/aromatic N) is 1. The Labute approximate surface area is 155 Å². The second kappa shape index (κ2) is 8.04. The lowest BCUT2D eigenvalue weighted by molar-refractivity contribution is -0.128. The minimum atomic E-state index is -0.498. The Balaban J connectivity index is 1.68. The molecule has 3 N–H and O–H groups in total. The molecule has 0 aromatic heterocycles. The smallest absolute Gasteiger partial charge is 0.247 e. The fourth-order valence-electron chi connectivity index (χ4n) is 4.13. The zero-order valence-corrected chi connectivity index (χ0v) is 15.7. The van der Waals surface area contributed by atoms with E-state index in [2.05, 4.69) is 24.4 Å². The third-order valence-electron chi connectivity index (χ3n) is 5.53. The number of benzene rings is 1. The van der Waals surface area contributed by atoms with Crippen molar-refractivity contribution in [1.82, 2.24) is 10.2 Å². The Kier molecular flexibility index (Phi) is 5.77. The van der Waals surface area contributed by atoms with E-state index < -0.39 is 6.04 Å². The summed E-state index contributed by atoms with van der Waals surface area (Å²) in [5.74, 6) is -0.125. The molecule has 26 heavy (non-hydrogen) atoms. The number of carbonyl (C=O) groups excluding carboxylic acids is 2. The Morgan fingerprint density at radius 3 is 2.38 bits per heavy atom. The van der Waals surface area contributed by atoms with Crippen molar-refractivity contribution in [2.24, 2.45) is 5.73 Å². The Hall–Kier alpha value is -2.14. The van der Waals surface area contributed by atoms with Crippen LogP contribution in [-0.4, -0.2) is 28.8 Å². The van der Waals surface area contributed by atoms with Gasteiger partial charge in [0.1, 0.15) is 0 Å². The van der Waals surface area contributed by atoms with Gasteiger partial charge >= 0.3 is 0 Å². The van der Waals surface area contributed by atoms with E-state index in [0.717, 1.165) is 25.7 Å². The van der Waals surface area contributed by atoms with E-state index >= 15 is 0 Å². The van der Waals surface area contributed by atoms with E-state index in [1.165, 1.54) is 11.1 Å². The molecule has 2 bridgehead atoms. The number of rotatable bonds is 7. The largest absolute Gasteiger partial charge is 0.349 e. The van der Waals surface area contributed by atoms with Crippen molar-refractivity contribution in [3.63, 3.8) is 0 Å². The first-order valence-electron chi connectivity index (χ1n) is 9.72. The molecular weight excluding hydrogens is 326 g/mol. The minimum Gasteiger partial charge on any atom is -0.349 e. The zero-order chi connectivity index (χ0) is 18.7. The van der Waals surface area contributed by atoms with Gasteiger partial charge in [-0.1, -0.05) is 50.6 Å².